The zero-order valence-corrected chi connectivity index (χ0v) is 14.5. The van der Waals surface area contributed by atoms with E-state index in [9.17, 15) is 4.79 Å². The lowest BCUT2D eigenvalue weighted by molar-refractivity contribution is -0.123. The summed E-state index contributed by atoms with van der Waals surface area (Å²) in [6.45, 7) is 3.55. The van der Waals surface area contributed by atoms with Crippen molar-refractivity contribution in [1.82, 2.24) is 10.6 Å². The van der Waals surface area contributed by atoms with E-state index in [0.29, 0.717) is 12.6 Å². The molecule has 1 amide bonds. The Bertz CT molecular complexity index is 502. The molecule has 1 fully saturated rings. The first kappa shape index (κ1) is 16.3. The number of rotatable bonds is 7. The van der Waals surface area contributed by atoms with Crippen molar-refractivity contribution in [2.45, 2.75) is 32.4 Å². The summed E-state index contributed by atoms with van der Waals surface area (Å²) in [5.41, 5.74) is 2.39. The maximum atomic E-state index is 11.6. The topological polar surface area (TPSA) is 44.4 Å². The Morgan fingerprint density at radius 2 is 2.19 bits per heavy atom. The second-order valence-electron chi connectivity index (χ2n) is 5.83. The molecule has 1 aromatic carbocycles. The molecular formula is C16H24BrN3O. The predicted octanol–water partition coefficient (Wildman–Crippen LogP) is 2.52. The molecule has 5 heteroatoms. The zero-order valence-electron chi connectivity index (χ0n) is 12.9. The fourth-order valence-corrected chi connectivity index (χ4v) is 2.81. The van der Waals surface area contributed by atoms with Gasteiger partial charge in [-0.05, 0) is 30.5 Å². The number of halogens is 1. The van der Waals surface area contributed by atoms with Gasteiger partial charge in [-0.25, -0.2) is 0 Å². The predicted molar refractivity (Wildman–Crippen MR) is 90.5 cm³/mol. The minimum Gasteiger partial charge on any atom is -0.374 e. The van der Waals surface area contributed by atoms with Gasteiger partial charge in [-0.15, -0.1) is 0 Å². The minimum absolute atomic E-state index is 0.0324. The molecular weight excluding hydrogens is 330 g/mol. The second kappa shape index (κ2) is 7.27. The van der Waals surface area contributed by atoms with E-state index >= 15 is 0 Å². The van der Waals surface area contributed by atoms with Crippen molar-refractivity contribution < 1.29 is 4.79 Å². The van der Waals surface area contributed by atoms with E-state index in [-0.39, 0.29) is 11.8 Å². The van der Waals surface area contributed by atoms with Crippen LogP contribution < -0.4 is 15.5 Å². The van der Waals surface area contributed by atoms with Crippen LogP contribution in [0.25, 0.3) is 0 Å². The number of anilines is 1. The molecule has 21 heavy (non-hydrogen) atoms. The van der Waals surface area contributed by atoms with Crippen molar-refractivity contribution in [1.29, 1.82) is 0 Å². The Kier molecular flexibility index (Phi) is 5.65. The summed E-state index contributed by atoms with van der Waals surface area (Å²) in [6.07, 6.45) is 2.60. The number of carbonyl (C=O) groups is 1. The molecule has 0 saturated heterocycles. The van der Waals surface area contributed by atoms with Crippen molar-refractivity contribution >= 4 is 27.5 Å². The maximum Gasteiger partial charge on any atom is 0.224 e. The summed E-state index contributed by atoms with van der Waals surface area (Å²) in [5, 5.41) is 6.21. The largest absolute Gasteiger partial charge is 0.374 e. The SMILES string of the molecule is CNC(=O)C(C)CN(C)c1ccc(CNC2CC2)c(Br)c1. The van der Waals surface area contributed by atoms with Crippen LogP contribution in [0, 0.1) is 5.92 Å². The Labute approximate surface area is 135 Å². The van der Waals surface area contributed by atoms with Crippen LogP contribution in [0.15, 0.2) is 22.7 Å². The first-order chi connectivity index (χ1) is 10.0. The maximum absolute atomic E-state index is 11.6. The quantitative estimate of drug-likeness (QED) is 0.791. The Balaban J connectivity index is 1.95. The van der Waals surface area contributed by atoms with Crippen LogP contribution in [-0.2, 0) is 11.3 Å². The van der Waals surface area contributed by atoms with Gasteiger partial charge in [0.25, 0.3) is 0 Å². The highest BCUT2D eigenvalue weighted by molar-refractivity contribution is 9.10. The van der Waals surface area contributed by atoms with E-state index in [0.717, 1.165) is 16.7 Å². The van der Waals surface area contributed by atoms with E-state index in [1.807, 2.05) is 14.0 Å². The number of nitrogens with one attached hydrogen (secondary N) is 2. The van der Waals surface area contributed by atoms with Crippen molar-refractivity contribution in [3.63, 3.8) is 0 Å². The van der Waals surface area contributed by atoms with E-state index in [1.54, 1.807) is 7.05 Å². The number of benzene rings is 1. The van der Waals surface area contributed by atoms with Crippen LogP contribution >= 0.6 is 15.9 Å². The summed E-state index contributed by atoms with van der Waals surface area (Å²) < 4.78 is 1.12. The van der Waals surface area contributed by atoms with Gasteiger partial charge in [-0.1, -0.05) is 28.9 Å². The molecule has 1 aliphatic rings. The molecule has 1 atom stereocenters. The van der Waals surface area contributed by atoms with Gasteiger partial charge in [0.15, 0.2) is 0 Å². The van der Waals surface area contributed by atoms with Crippen LogP contribution in [0.1, 0.15) is 25.3 Å². The third-order valence-electron chi connectivity index (χ3n) is 3.88. The van der Waals surface area contributed by atoms with Crippen LogP contribution in [0.4, 0.5) is 5.69 Å². The normalized spacial score (nSPS) is 15.6. The lowest BCUT2D eigenvalue weighted by Gasteiger charge is -2.23. The molecule has 2 rings (SSSR count). The number of carbonyl (C=O) groups excluding carboxylic acids is 1. The van der Waals surface area contributed by atoms with Crippen LogP contribution in [0.2, 0.25) is 0 Å². The van der Waals surface area contributed by atoms with Crippen LogP contribution in [-0.4, -0.2) is 32.6 Å². The Morgan fingerprint density at radius 1 is 1.48 bits per heavy atom. The van der Waals surface area contributed by atoms with E-state index in [2.05, 4.69) is 49.7 Å². The fraction of sp³-hybridized carbons (Fsp3) is 0.562. The number of nitrogens with zero attached hydrogens (tertiary/aromatic N) is 1. The Morgan fingerprint density at radius 3 is 2.76 bits per heavy atom. The van der Waals surface area contributed by atoms with Gasteiger partial charge in [-0.2, -0.15) is 0 Å². The molecule has 1 saturated carbocycles. The van der Waals surface area contributed by atoms with Crippen LogP contribution in [0.3, 0.4) is 0 Å². The second-order valence-corrected chi connectivity index (χ2v) is 6.68. The Hall–Kier alpha value is -1.07. The molecule has 0 heterocycles. The first-order valence-electron chi connectivity index (χ1n) is 7.45. The third-order valence-corrected chi connectivity index (χ3v) is 4.62. The molecule has 0 spiro atoms. The van der Waals surface area contributed by atoms with Gasteiger partial charge in [0.05, 0.1) is 5.92 Å². The van der Waals surface area contributed by atoms with E-state index in [1.165, 1.54) is 18.4 Å². The van der Waals surface area contributed by atoms with Gasteiger partial charge in [-0.3, -0.25) is 4.79 Å². The summed E-state index contributed by atoms with van der Waals surface area (Å²) in [4.78, 5) is 13.7. The number of hydrogen-bond acceptors (Lipinski definition) is 3. The third kappa shape index (κ3) is 4.71. The molecule has 0 bridgehead atoms. The minimum atomic E-state index is -0.0324. The lowest BCUT2D eigenvalue weighted by atomic mass is 10.1. The van der Waals surface area contributed by atoms with Crippen molar-refractivity contribution in [2.24, 2.45) is 5.92 Å². The average molecular weight is 354 g/mol. The van der Waals surface area contributed by atoms with Gasteiger partial charge >= 0.3 is 0 Å². The molecule has 0 radical (unpaired) electrons. The molecule has 0 aliphatic heterocycles. The lowest BCUT2D eigenvalue weighted by Crippen LogP contribution is -2.34. The van der Waals surface area contributed by atoms with Crippen LogP contribution in [0.5, 0.6) is 0 Å². The molecule has 1 aliphatic carbocycles. The number of amides is 1. The zero-order chi connectivity index (χ0) is 15.4. The first-order valence-corrected chi connectivity index (χ1v) is 8.25. The van der Waals surface area contributed by atoms with Gasteiger partial charge in [0.1, 0.15) is 0 Å². The van der Waals surface area contributed by atoms with Gasteiger partial charge < -0.3 is 15.5 Å². The van der Waals surface area contributed by atoms with Crippen molar-refractivity contribution in [2.75, 3.05) is 25.5 Å². The number of hydrogen-bond donors (Lipinski definition) is 2. The fourth-order valence-electron chi connectivity index (χ4n) is 2.30. The van der Waals surface area contributed by atoms with Crippen molar-refractivity contribution in [3.8, 4) is 0 Å². The van der Waals surface area contributed by atoms with E-state index in [4.69, 9.17) is 0 Å². The summed E-state index contributed by atoms with van der Waals surface area (Å²) in [7, 11) is 3.69. The smallest absolute Gasteiger partial charge is 0.224 e. The molecule has 1 unspecified atom stereocenters. The summed E-state index contributed by atoms with van der Waals surface area (Å²) in [6, 6.07) is 7.11. The summed E-state index contributed by atoms with van der Waals surface area (Å²) >= 11 is 3.65. The molecule has 0 aromatic heterocycles. The highest BCUT2D eigenvalue weighted by Gasteiger charge is 2.20. The van der Waals surface area contributed by atoms with Gasteiger partial charge in [0, 0.05) is 43.4 Å². The molecule has 1 aromatic rings. The highest BCUT2D eigenvalue weighted by Crippen LogP contribution is 2.26. The highest BCUT2D eigenvalue weighted by atomic mass is 79.9. The van der Waals surface area contributed by atoms with E-state index < -0.39 is 0 Å². The average Bonchev–Trinajstić information content (AvgIpc) is 3.29. The monoisotopic (exact) mass is 353 g/mol. The van der Waals surface area contributed by atoms with Crippen molar-refractivity contribution in [3.05, 3.63) is 28.2 Å². The molecule has 2 N–H and O–H groups in total. The summed E-state index contributed by atoms with van der Waals surface area (Å²) in [5.74, 6) is 0.0427. The molecule has 4 nitrogen and oxygen atoms in total. The van der Waals surface area contributed by atoms with Gasteiger partial charge in [0.2, 0.25) is 5.91 Å². The molecule has 116 valence electrons. The standard InChI is InChI=1S/C16H24BrN3O/c1-11(16(21)18-2)10-20(3)14-7-4-12(15(17)8-14)9-19-13-5-6-13/h4,7-8,11,13,19H,5-6,9-10H2,1-3H3,(H,18,21).